The van der Waals surface area contributed by atoms with Gasteiger partial charge in [0.1, 0.15) is 11.5 Å². The van der Waals surface area contributed by atoms with Crippen LogP contribution in [0.4, 0.5) is 5.95 Å². The van der Waals surface area contributed by atoms with Crippen molar-refractivity contribution >= 4 is 5.95 Å². The van der Waals surface area contributed by atoms with Crippen LogP contribution in [-0.4, -0.2) is 30.6 Å². The van der Waals surface area contributed by atoms with Crippen LogP contribution >= 0.6 is 0 Å². The Balaban J connectivity index is 1.55. The van der Waals surface area contributed by atoms with Gasteiger partial charge in [0.25, 0.3) is 0 Å². The van der Waals surface area contributed by atoms with Crippen molar-refractivity contribution in [2.75, 3.05) is 26.3 Å². The zero-order chi connectivity index (χ0) is 18.8. The first-order valence-corrected chi connectivity index (χ1v) is 8.56. The average molecular weight is 367 g/mol. The standard InChI is InChI=1S/C20H21N3O4/c1-23-16(13-4-6-18-19(9-13)27-12-26-18)11-22-20(23)21-10-14-8-15(24-2)5-7-17(14)25-3/h4-9,11H,10,12H2,1-3H3,(H,21,22). The number of hydrogen-bond acceptors (Lipinski definition) is 6. The summed E-state index contributed by atoms with van der Waals surface area (Å²) in [5, 5.41) is 3.36. The first kappa shape index (κ1) is 17.1. The molecule has 140 valence electrons. The second-order valence-corrected chi connectivity index (χ2v) is 6.13. The van der Waals surface area contributed by atoms with Gasteiger partial charge in [0.05, 0.1) is 26.1 Å². The number of fused-ring (bicyclic) bond motifs is 1. The normalized spacial score (nSPS) is 12.1. The number of methoxy groups -OCH3 is 2. The molecular formula is C20H21N3O4. The lowest BCUT2D eigenvalue weighted by molar-refractivity contribution is 0.174. The van der Waals surface area contributed by atoms with Crippen LogP contribution in [-0.2, 0) is 13.6 Å². The Morgan fingerprint density at radius 3 is 2.74 bits per heavy atom. The molecule has 4 rings (SSSR count). The summed E-state index contributed by atoms with van der Waals surface area (Å²) < 4.78 is 23.6. The fraction of sp³-hybridized carbons (Fsp3) is 0.250. The summed E-state index contributed by atoms with van der Waals surface area (Å²) in [4.78, 5) is 4.51. The number of nitrogens with zero attached hydrogens (tertiary/aromatic N) is 2. The summed E-state index contributed by atoms with van der Waals surface area (Å²) >= 11 is 0. The molecule has 2 heterocycles. The zero-order valence-electron chi connectivity index (χ0n) is 15.5. The predicted molar refractivity (Wildman–Crippen MR) is 102 cm³/mol. The fourth-order valence-electron chi connectivity index (χ4n) is 3.09. The molecule has 0 spiro atoms. The van der Waals surface area contributed by atoms with Crippen LogP contribution in [0.1, 0.15) is 5.56 Å². The van der Waals surface area contributed by atoms with Crippen LogP contribution in [0.3, 0.4) is 0 Å². The number of aromatic nitrogens is 2. The highest BCUT2D eigenvalue weighted by atomic mass is 16.7. The minimum Gasteiger partial charge on any atom is -0.497 e. The summed E-state index contributed by atoms with van der Waals surface area (Å²) in [6.07, 6.45) is 1.84. The maximum absolute atomic E-state index is 5.47. The molecule has 7 nitrogen and oxygen atoms in total. The van der Waals surface area contributed by atoms with E-state index in [1.165, 1.54) is 0 Å². The van der Waals surface area contributed by atoms with Crippen molar-refractivity contribution in [3.05, 3.63) is 48.2 Å². The first-order chi connectivity index (χ1) is 13.2. The van der Waals surface area contributed by atoms with Crippen LogP contribution in [0.2, 0.25) is 0 Å². The number of imidazole rings is 1. The number of anilines is 1. The molecule has 0 saturated carbocycles. The Bertz CT molecular complexity index is 968. The lowest BCUT2D eigenvalue weighted by Gasteiger charge is -2.12. The van der Waals surface area contributed by atoms with Crippen LogP contribution in [0.25, 0.3) is 11.3 Å². The summed E-state index contributed by atoms with van der Waals surface area (Å²) in [7, 11) is 5.28. The van der Waals surface area contributed by atoms with Gasteiger partial charge in [-0.3, -0.25) is 0 Å². The Hall–Kier alpha value is -3.35. The van der Waals surface area contributed by atoms with E-state index < -0.39 is 0 Å². The van der Waals surface area contributed by atoms with E-state index in [0.717, 1.165) is 45.8 Å². The van der Waals surface area contributed by atoms with Gasteiger partial charge in [-0.1, -0.05) is 0 Å². The zero-order valence-corrected chi connectivity index (χ0v) is 15.5. The molecule has 3 aromatic rings. The SMILES string of the molecule is COc1ccc(OC)c(CNc2ncc(-c3ccc4c(c3)OCO4)n2C)c1. The molecule has 1 aromatic heterocycles. The molecule has 0 saturated heterocycles. The van der Waals surface area contributed by atoms with Crippen LogP contribution < -0.4 is 24.3 Å². The quantitative estimate of drug-likeness (QED) is 0.720. The number of rotatable bonds is 6. The summed E-state index contributed by atoms with van der Waals surface area (Å²) in [6, 6.07) is 11.6. The lowest BCUT2D eigenvalue weighted by Crippen LogP contribution is -2.07. The van der Waals surface area contributed by atoms with E-state index in [4.69, 9.17) is 18.9 Å². The molecule has 7 heteroatoms. The summed E-state index contributed by atoms with van der Waals surface area (Å²) in [5.41, 5.74) is 2.99. The second-order valence-electron chi connectivity index (χ2n) is 6.13. The minimum absolute atomic E-state index is 0.263. The van der Waals surface area contributed by atoms with Gasteiger partial charge in [0.15, 0.2) is 11.5 Å². The second kappa shape index (κ2) is 7.11. The molecule has 0 amide bonds. The lowest BCUT2D eigenvalue weighted by atomic mass is 10.1. The molecule has 0 unspecified atom stereocenters. The third-order valence-electron chi connectivity index (χ3n) is 4.58. The number of nitrogens with one attached hydrogen (secondary N) is 1. The van der Waals surface area contributed by atoms with Crippen molar-refractivity contribution in [1.82, 2.24) is 9.55 Å². The Labute approximate surface area is 157 Å². The topological polar surface area (TPSA) is 66.8 Å². The van der Waals surface area contributed by atoms with E-state index in [9.17, 15) is 0 Å². The highest BCUT2D eigenvalue weighted by Crippen LogP contribution is 2.36. The summed E-state index contributed by atoms with van der Waals surface area (Å²) in [5.74, 6) is 3.86. The van der Waals surface area contributed by atoms with Gasteiger partial charge in [-0.15, -0.1) is 0 Å². The average Bonchev–Trinajstić information content (AvgIpc) is 3.31. The number of benzene rings is 2. The Morgan fingerprint density at radius 1 is 1.07 bits per heavy atom. The van der Waals surface area contributed by atoms with Crippen molar-refractivity contribution in [2.45, 2.75) is 6.54 Å². The largest absolute Gasteiger partial charge is 0.497 e. The van der Waals surface area contributed by atoms with E-state index in [0.29, 0.717) is 6.54 Å². The van der Waals surface area contributed by atoms with E-state index in [1.807, 2.05) is 54.2 Å². The van der Waals surface area contributed by atoms with Gasteiger partial charge < -0.3 is 28.8 Å². The predicted octanol–water partition coefficient (Wildman–Crippen LogP) is 3.45. The molecule has 0 atom stereocenters. The third-order valence-corrected chi connectivity index (χ3v) is 4.58. The molecule has 0 aliphatic carbocycles. The van der Waals surface area contributed by atoms with Crippen LogP contribution in [0.15, 0.2) is 42.6 Å². The smallest absolute Gasteiger partial charge is 0.231 e. The van der Waals surface area contributed by atoms with Gasteiger partial charge in [-0.05, 0) is 36.4 Å². The molecular weight excluding hydrogens is 346 g/mol. The van der Waals surface area contributed by atoms with Gasteiger partial charge in [0.2, 0.25) is 12.7 Å². The highest BCUT2D eigenvalue weighted by Gasteiger charge is 2.16. The third kappa shape index (κ3) is 3.23. The van der Waals surface area contributed by atoms with E-state index in [2.05, 4.69) is 10.3 Å². The molecule has 1 N–H and O–H groups in total. The van der Waals surface area contributed by atoms with Crippen LogP contribution in [0.5, 0.6) is 23.0 Å². The first-order valence-electron chi connectivity index (χ1n) is 8.56. The molecule has 0 fully saturated rings. The van der Waals surface area contributed by atoms with Crippen LogP contribution in [0, 0.1) is 0 Å². The highest BCUT2D eigenvalue weighted by molar-refractivity contribution is 5.66. The fourth-order valence-corrected chi connectivity index (χ4v) is 3.09. The van der Waals surface area contributed by atoms with Crippen molar-refractivity contribution in [2.24, 2.45) is 7.05 Å². The maximum atomic E-state index is 5.47. The number of ether oxygens (including phenoxy) is 4. The van der Waals surface area contributed by atoms with Crippen molar-refractivity contribution in [3.63, 3.8) is 0 Å². The molecule has 0 bridgehead atoms. The van der Waals surface area contributed by atoms with Crippen molar-refractivity contribution < 1.29 is 18.9 Å². The van der Waals surface area contributed by atoms with Gasteiger partial charge in [0, 0.05) is 24.7 Å². The molecule has 1 aliphatic heterocycles. The van der Waals surface area contributed by atoms with E-state index in [-0.39, 0.29) is 6.79 Å². The molecule has 2 aromatic carbocycles. The van der Waals surface area contributed by atoms with Gasteiger partial charge in [-0.2, -0.15) is 0 Å². The van der Waals surface area contributed by atoms with Crippen molar-refractivity contribution in [3.8, 4) is 34.3 Å². The number of hydrogen-bond donors (Lipinski definition) is 1. The monoisotopic (exact) mass is 367 g/mol. The van der Waals surface area contributed by atoms with E-state index >= 15 is 0 Å². The maximum Gasteiger partial charge on any atom is 0.231 e. The molecule has 1 aliphatic rings. The van der Waals surface area contributed by atoms with Gasteiger partial charge in [-0.25, -0.2) is 4.98 Å². The van der Waals surface area contributed by atoms with Gasteiger partial charge >= 0.3 is 0 Å². The minimum atomic E-state index is 0.263. The molecule has 0 radical (unpaired) electrons. The molecule has 27 heavy (non-hydrogen) atoms. The Kier molecular flexibility index (Phi) is 4.50. The Morgan fingerprint density at radius 2 is 1.93 bits per heavy atom. The van der Waals surface area contributed by atoms with E-state index in [1.54, 1.807) is 14.2 Å². The summed E-state index contributed by atoms with van der Waals surface area (Å²) in [6.45, 7) is 0.825. The van der Waals surface area contributed by atoms with Crippen molar-refractivity contribution in [1.29, 1.82) is 0 Å².